The fourth-order valence-corrected chi connectivity index (χ4v) is 3.28. The van der Waals surface area contributed by atoms with Crippen molar-refractivity contribution in [2.75, 3.05) is 13.1 Å². The van der Waals surface area contributed by atoms with Gasteiger partial charge in [0.1, 0.15) is 0 Å². The molecule has 4 nitrogen and oxygen atoms in total. The lowest BCUT2D eigenvalue weighted by molar-refractivity contribution is -0.123. The van der Waals surface area contributed by atoms with Crippen LogP contribution in [-0.2, 0) is 11.3 Å². The van der Waals surface area contributed by atoms with Crippen molar-refractivity contribution in [3.8, 4) is 0 Å². The lowest BCUT2D eigenvalue weighted by Crippen LogP contribution is -2.38. The number of thiazole rings is 1. The molecule has 0 aliphatic carbocycles. The molecule has 1 amide bonds. The first-order valence-electron chi connectivity index (χ1n) is 6.01. The molecule has 2 heterocycles. The Morgan fingerprint density at radius 3 is 2.59 bits per heavy atom. The Morgan fingerprint density at radius 1 is 1.47 bits per heavy atom. The molecule has 0 bridgehead atoms. The normalized spacial score (nSPS) is 18.5. The summed E-state index contributed by atoms with van der Waals surface area (Å²) in [7, 11) is 0. The molecule has 1 aliphatic heterocycles. The number of piperidine rings is 1. The van der Waals surface area contributed by atoms with Crippen molar-refractivity contribution in [3.63, 3.8) is 0 Å². The van der Waals surface area contributed by atoms with Gasteiger partial charge in [-0.1, -0.05) is 0 Å². The van der Waals surface area contributed by atoms with Crippen LogP contribution in [0.25, 0.3) is 0 Å². The number of likely N-dealkylation sites (tertiary alicyclic amines) is 1. The Bertz CT molecular complexity index is 408. The lowest BCUT2D eigenvalue weighted by Gasteiger charge is -2.30. The number of primary amides is 1. The van der Waals surface area contributed by atoms with E-state index in [0.29, 0.717) is 0 Å². The summed E-state index contributed by atoms with van der Waals surface area (Å²) in [6.07, 6.45) is 1.79. The van der Waals surface area contributed by atoms with Gasteiger partial charge in [-0.25, -0.2) is 4.98 Å². The van der Waals surface area contributed by atoms with Crippen LogP contribution in [0.5, 0.6) is 0 Å². The second kappa shape index (κ2) is 5.14. The number of amides is 1. The van der Waals surface area contributed by atoms with Crippen molar-refractivity contribution in [1.29, 1.82) is 0 Å². The van der Waals surface area contributed by atoms with E-state index < -0.39 is 0 Å². The largest absolute Gasteiger partial charge is 0.369 e. The molecule has 1 aromatic rings. The molecule has 2 N–H and O–H groups in total. The third-order valence-corrected chi connectivity index (χ3v) is 4.41. The fraction of sp³-hybridized carbons (Fsp3) is 0.667. The zero-order valence-electron chi connectivity index (χ0n) is 10.4. The van der Waals surface area contributed by atoms with E-state index in [9.17, 15) is 4.79 Å². The Hall–Kier alpha value is -0.940. The van der Waals surface area contributed by atoms with Crippen molar-refractivity contribution in [2.45, 2.75) is 33.2 Å². The fourth-order valence-electron chi connectivity index (χ4n) is 2.30. The summed E-state index contributed by atoms with van der Waals surface area (Å²) >= 11 is 1.77. The van der Waals surface area contributed by atoms with E-state index in [0.717, 1.165) is 43.2 Å². The van der Waals surface area contributed by atoms with Crippen LogP contribution < -0.4 is 5.73 Å². The van der Waals surface area contributed by atoms with Gasteiger partial charge in [0.05, 0.1) is 10.7 Å². The minimum Gasteiger partial charge on any atom is -0.369 e. The Kier molecular flexibility index (Phi) is 3.79. The Labute approximate surface area is 106 Å². The highest BCUT2D eigenvalue weighted by Crippen LogP contribution is 2.23. The summed E-state index contributed by atoms with van der Waals surface area (Å²) in [4.78, 5) is 19.2. The third kappa shape index (κ3) is 3.04. The van der Waals surface area contributed by atoms with Crippen LogP contribution in [0.2, 0.25) is 0 Å². The highest BCUT2D eigenvalue weighted by atomic mass is 32.1. The summed E-state index contributed by atoms with van der Waals surface area (Å²) in [6.45, 7) is 6.99. The van der Waals surface area contributed by atoms with Crippen LogP contribution in [0.1, 0.15) is 28.4 Å². The Morgan fingerprint density at radius 2 is 2.12 bits per heavy atom. The average Bonchev–Trinajstić information content (AvgIpc) is 2.58. The second-order valence-corrected chi connectivity index (χ2v) is 5.98. The number of rotatable bonds is 3. The number of hydrogen-bond donors (Lipinski definition) is 1. The van der Waals surface area contributed by atoms with Gasteiger partial charge in [-0.2, -0.15) is 0 Å². The van der Waals surface area contributed by atoms with E-state index in [-0.39, 0.29) is 11.8 Å². The zero-order valence-corrected chi connectivity index (χ0v) is 11.2. The van der Waals surface area contributed by atoms with Gasteiger partial charge in [-0.15, -0.1) is 11.3 Å². The maximum atomic E-state index is 11.1. The number of aryl methyl sites for hydroxylation is 2. The van der Waals surface area contributed by atoms with Crippen LogP contribution in [0, 0.1) is 19.8 Å². The third-order valence-electron chi connectivity index (χ3n) is 3.36. The van der Waals surface area contributed by atoms with E-state index in [1.807, 2.05) is 6.92 Å². The van der Waals surface area contributed by atoms with Gasteiger partial charge < -0.3 is 5.73 Å². The smallest absolute Gasteiger partial charge is 0.220 e. The number of hydrogen-bond acceptors (Lipinski definition) is 4. The average molecular weight is 253 g/mol. The van der Waals surface area contributed by atoms with Gasteiger partial charge in [-0.3, -0.25) is 9.69 Å². The first kappa shape index (κ1) is 12.5. The van der Waals surface area contributed by atoms with E-state index in [4.69, 9.17) is 5.73 Å². The van der Waals surface area contributed by atoms with Crippen molar-refractivity contribution < 1.29 is 4.79 Å². The lowest BCUT2D eigenvalue weighted by atomic mass is 9.96. The van der Waals surface area contributed by atoms with E-state index in [1.54, 1.807) is 11.3 Å². The van der Waals surface area contributed by atoms with Crippen LogP contribution in [-0.4, -0.2) is 28.9 Å². The molecule has 0 atom stereocenters. The standard InChI is InChI=1S/C12H19N3OS/c1-8-11(17-9(2)14-8)7-15-5-3-10(4-6-15)12(13)16/h10H,3-7H2,1-2H3,(H2,13,16). The molecule has 0 unspecified atom stereocenters. The zero-order chi connectivity index (χ0) is 12.4. The van der Waals surface area contributed by atoms with Gasteiger partial charge in [-0.05, 0) is 39.8 Å². The molecule has 0 aromatic carbocycles. The topological polar surface area (TPSA) is 59.2 Å². The maximum Gasteiger partial charge on any atom is 0.220 e. The van der Waals surface area contributed by atoms with Crippen LogP contribution >= 0.6 is 11.3 Å². The Balaban J connectivity index is 1.90. The molecule has 1 saturated heterocycles. The highest BCUT2D eigenvalue weighted by molar-refractivity contribution is 7.11. The molecule has 0 radical (unpaired) electrons. The molecule has 2 rings (SSSR count). The minimum absolute atomic E-state index is 0.0792. The summed E-state index contributed by atoms with van der Waals surface area (Å²) in [6, 6.07) is 0. The molecule has 1 fully saturated rings. The summed E-state index contributed by atoms with van der Waals surface area (Å²) in [5.74, 6) is -0.0648. The van der Waals surface area contributed by atoms with Gasteiger partial charge >= 0.3 is 0 Å². The van der Waals surface area contributed by atoms with E-state index in [2.05, 4.69) is 16.8 Å². The molecular weight excluding hydrogens is 234 g/mol. The first-order chi connectivity index (χ1) is 8.06. The first-order valence-corrected chi connectivity index (χ1v) is 6.82. The van der Waals surface area contributed by atoms with Gasteiger partial charge in [0.25, 0.3) is 0 Å². The highest BCUT2D eigenvalue weighted by Gasteiger charge is 2.23. The maximum absolute atomic E-state index is 11.1. The summed E-state index contributed by atoms with van der Waals surface area (Å²) in [5, 5.41) is 1.13. The van der Waals surface area contributed by atoms with Crippen LogP contribution in [0.15, 0.2) is 0 Å². The molecule has 0 spiro atoms. The van der Waals surface area contributed by atoms with Crippen molar-refractivity contribution >= 4 is 17.2 Å². The molecule has 0 saturated carbocycles. The quantitative estimate of drug-likeness (QED) is 0.887. The van der Waals surface area contributed by atoms with Gasteiger partial charge in [0.2, 0.25) is 5.91 Å². The predicted octanol–water partition coefficient (Wildman–Crippen LogP) is 1.46. The van der Waals surface area contributed by atoms with Crippen molar-refractivity contribution in [1.82, 2.24) is 9.88 Å². The van der Waals surface area contributed by atoms with Crippen molar-refractivity contribution in [2.24, 2.45) is 11.7 Å². The number of carbonyl (C=O) groups excluding carboxylic acids is 1. The molecular formula is C12H19N3OS. The summed E-state index contributed by atoms with van der Waals surface area (Å²) in [5.41, 5.74) is 6.47. The number of nitrogens with zero attached hydrogens (tertiary/aromatic N) is 2. The molecule has 1 aliphatic rings. The molecule has 1 aromatic heterocycles. The van der Waals surface area contributed by atoms with Crippen molar-refractivity contribution in [3.05, 3.63) is 15.6 Å². The molecule has 17 heavy (non-hydrogen) atoms. The number of nitrogens with two attached hydrogens (primary N) is 1. The summed E-state index contributed by atoms with van der Waals surface area (Å²) < 4.78 is 0. The van der Waals surface area contributed by atoms with E-state index >= 15 is 0 Å². The predicted molar refractivity (Wildman–Crippen MR) is 68.8 cm³/mol. The second-order valence-electron chi connectivity index (χ2n) is 4.69. The molecule has 5 heteroatoms. The molecule has 94 valence electrons. The van der Waals surface area contributed by atoms with Crippen LogP contribution in [0.3, 0.4) is 0 Å². The van der Waals surface area contributed by atoms with Crippen LogP contribution in [0.4, 0.5) is 0 Å². The van der Waals surface area contributed by atoms with E-state index in [1.165, 1.54) is 4.88 Å². The monoisotopic (exact) mass is 253 g/mol. The minimum atomic E-state index is -0.144. The van der Waals surface area contributed by atoms with Gasteiger partial charge in [0, 0.05) is 17.3 Å². The SMILES string of the molecule is Cc1nc(C)c(CN2CCC(C(N)=O)CC2)s1. The number of aromatic nitrogens is 1. The van der Waals surface area contributed by atoms with Gasteiger partial charge in [0.15, 0.2) is 0 Å². The number of carbonyl (C=O) groups is 1.